The molecule has 2 aromatic carbocycles. The van der Waals surface area contributed by atoms with Gasteiger partial charge in [0.2, 0.25) is 5.78 Å². The highest BCUT2D eigenvalue weighted by Gasteiger charge is 2.11. The maximum absolute atomic E-state index is 12.2. The quantitative estimate of drug-likeness (QED) is 0.483. The number of rotatable bonds is 3. The summed E-state index contributed by atoms with van der Waals surface area (Å²) in [5.41, 5.74) is 1.46. The van der Waals surface area contributed by atoms with Crippen LogP contribution in [0.25, 0.3) is 6.08 Å². The maximum Gasteiger partial charge on any atom is 0.203 e. The van der Waals surface area contributed by atoms with Gasteiger partial charge in [0.1, 0.15) is 11.6 Å². The van der Waals surface area contributed by atoms with Crippen molar-refractivity contribution in [2.24, 2.45) is 0 Å². The van der Waals surface area contributed by atoms with Gasteiger partial charge in [-0.25, -0.2) is 0 Å². The predicted octanol–water partition coefficient (Wildman–Crippen LogP) is 4.24. The Morgan fingerprint density at radius 3 is 2.47 bits per heavy atom. The van der Waals surface area contributed by atoms with E-state index in [9.17, 15) is 4.79 Å². The molecule has 0 heterocycles. The van der Waals surface area contributed by atoms with Gasteiger partial charge in [0.25, 0.3) is 0 Å². The van der Waals surface area contributed by atoms with E-state index in [1.807, 2.05) is 36.4 Å². The van der Waals surface area contributed by atoms with Crippen molar-refractivity contribution in [3.63, 3.8) is 0 Å². The maximum atomic E-state index is 12.2. The summed E-state index contributed by atoms with van der Waals surface area (Å²) in [6, 6.07) is 18.2. The molecule has 0 saturated carbocycles. The Balaban J connectivity index is 2.36. The first kappa shape index (κ1) is 13.3. The Labute approximate surface area is 120 Å². The van der Waals surface area contributed by atoms with Gasteiger partial charge in [-0.2, -0.15) is 5.26 Å². The number of allylic oxidation sites excluding steroid dienone is 1. The fraction of sp³-hybridized carbons (Fsp3) is 0. The van der Waals surface area contributed by atoms with E-state index in [1.54, 1.807) is 30.3 Å². The monoisotopic (exact) mass is 311 g/mol. The summed E-state index contributed by atoms with van der Waals surface area (Å²) in [5, 5.41) is 9.14. The van der Waals surface area contributed by atoms with E-state index in [2.05, 4.69) is 15.9 Å². The average molecular weight is 312 g/mol. The first-order valence-corrected chi connectivity index (χ1v) is 6.47. The second-order valence-corrected chi connectivity index (χ2v) is 4.84. The van der Waals surface area contributed by atoms with Crippen LogP contribution in [0, 0.1) is 11.3 Å². The first-order valence-electron chi connectivity index (χ1n) is 5.68. The number of halogens is 1. The summed E-state index contributed by atoms with van der Waals surface area (Å²) in [4.78, 5) is 12.2. The van der Waals surface area contributed by atoms with E-state index in [0.29, 0.717) is 5.56 Å². The van der Waals surface area contributed by atoms with Gasteiger partial charge in [-0.3, -0.25) is 4.79 Å². The second kappa shape index (κ2) is 6.12. The number of nitrogens with zero attached hydrogens (tertiary/aromatic N) is 1. The Morgan fingerprint density at radius 2 is 1.84 bits per heavy atom. The minimum Gasteiger partial charge on any atom is -0.288 e. The normalized spacial score (nSPS) is 10.8. The molecule has 0 atom stereocenters. The van der Waals surface area contributed by atoms with Crippen LogP contribution in [-0.2, 0) is 0 Å². The van der Waals surface area contributed by atoms with Crippen LogP contribution in [0.5, 0.6) is 0 Å². The van der Waals surface area contributed by atoms with Gasteiger partial charge in [-0.15, -0.1) is 0 Å². The fourth-order valence-corrected chi connectivity index (χ4v) is 2.07. The topological polar surface area (TPSA) is 40.9 Å². The Bertz CT molecular complexity index is 669. The SMILES string of the molecule is N#C/C(=C/c1cccc(Br)c1)C(=O)c1ccccc1. The van der Waals surface area contributed by atoms with Crippen molar-refractivity contribution in [3.05, 3.63) is 75.8 Å². The average Bonchev–Trinajstić information content (AvgIpc) is 2.45. The number of hydrogen-bond donors (Lipinski definition) is 0. The number of benzene rings is 2. The molecule has 0 saturated heterocycles. The molecular weight excluding hydrogens is 302 g/mol. The lowest BCUT2D eigenvalue weighted by molar-refractivity contribution is 0.104. The van der Waals surface area contributed by atoms with Crippen molar-refractivity contribution in [1.29, 1.82) is 5.26 Å². The highest BCUT2D eigenvalue weighted by Crippen LogP contribution is 2.16. The summed E-state index contributed by atoms with van der Waals surface area (Å²) >= 11 is 3.36. The number of carbonyl (C=O) groups excluding carboxylic acids is 1. The lowest BCUT2D eigenvalue weighted by Gasteiger charge is -2.00. The van der Waals surface area contributed by atoms with E-state index in [0.717, 1.165) is 10.0 Å². The van der Waals surface area contributed by atoms with Crippen molar-refractivity contribution in [3.8, 4) is 6.07 Å². The molecule has 92 valence electrons. The van der Waals surface area contributed by atoms with Crippen molar-refractivity contribution >= 4 is 27.8 Å². The van der Waals surface area contributed by atoms with Gasteiger partial charge in [-0.05, 0) is 23.8 Å². The lowest BCUT2D eigenvalue weighted by atomic mass is 10.0. The van der Waals surface area contributed by atoms with Crippen LogP contribution in [0.2, 0.25) is 0 Å². The Hall–Kier alpha value is -2.18. The van der Waals surface area contributed by atoms with E-state index in [1.165, 1.54) is 0 Å². The molecule has 3 heteroatoms. The molecule has 0 radical (unpaired) electrons. The Kier molecular flexibility index (Phi) is 4.27. The minimum atomic E-state index is -0.261. The molecule has 0 aliphatic heterocycles. The first-order chi connectivity index (χ1) is 9.20. The molecule has 2 nitrogen and oxygen atoms in total. The van der Waals surface area contributed by atoms with E-state index >= 15 is 0 Å². The molecule has 0 N–H and O–H groups in total. The lowest BCUT2D eigenvalue weighted by Crippen LogP contribution is -2.01. The molecule has 0 bridgehead atoms. The third kappa shape index (κ3) is 3.40. The molecular formula is C16H10BrNO. The zero-order valence-electron chi connectivity index (χ0n) is 10.0. The van der Waals surface area contributed by atoms with Crippen LogP contribution in [0.4, 0.5) is 0 Å². The summed E-state index contributed by atoms with van der Waals surface area (Å²) < 4.78 is 0.908. The van der Waals surface area contributed by atoms with Gasteiger partial charge in [0, 0.05) is 10.0 Å². The van der Waals surface area contributed by atoms with Crippen LogP contribution >= 0.6 is 15.9 Å². The highest BCUT2D eigenvalue weighted by atomic mass is 79.9. The molecule has 19 heavy (non-hydrogen) atoms. The zero-order valence-corrected chi connectivity index (χ0v) is 11.6. The smallest absolute Gasteiger partial charge is 0.203 e. The molecule has 2 aromatic rings. The summed E-state index contributed by atoms with van der Waals surface area (Å²) in [7, 11) is 0. The Morgan fingerprint density at radius 1 is 1.11 bits per heavy atom. The molecule has 0 aliphatic carbocycles. The third-order valence-electron chi connectivity index (χ3n) is 2.56. The molecule has 0 amide bonds. The summed E-state index contributed by atoms with van der Waals surface area (Å²) in [5.74, 6) is -0.261. The van der Waals surface area contributed by atoms with Crippen LogP contribution in [-0.4, -0.2) is 5.78 Å². The number of carbonyl (C=O) groups is 1. The van der Waals surface area contributed by atoms with E-state index < -0.39 is 0 Å². The molecule has 0 unspecified atom stereocenters. The van der Waals surface area contributed by atoms with Gasteiger partial charge < -0.3 is 0 Å². The van der Waals surface area contributed by atoms with Gasteiger partial charge in [-0.1, -0.05) is 58.4 Å². The fourth-order valence-electron chi connectivity index (χ4n) is 1.66. The van der Waals surface area contributed by atoms with Crippen molar-refractivity contribution < 1.29 is 4.79 Å². The van der Waals surface area contributed by atoms with Crippen LogP contribution < -0.4 is 0 Å². The standard InChI is InChI=1S/C16H10BrNO/c17-15-8-4-5-12(10-15)9-14(11-18)16(19)13-6-2-1-3-7-13/h1-10H/b14-9-. The largest absolute Gasteiger partial charge is 0.288 e. The van der Waals surface area contributed by atoms with Crippen LogP contribution in [0.3, 0.4) is 0 Å². The molecule has 0 aromatic heterocycles. The number of nitriles is 1. The molecule has 2 rings (SSSR count). The predicted molar refractivity (Wildman–Crippen MR) is 78.5 cm³/mol. The summed E-state index contributed by atoms with van der Waals surface area (Å²) in [6.07, 6.45) is 1.60. The van der Waals surface area contributed by atoms with Crippen LogP contribution in [0.15, 0.2) is 64.6 Å². The number of hydrogen-bond acceptors (Lipinski definition) is 2. The third-order valence-corrected chi connectivity index (χ3v) is 3.05. The number of ketones is 1. The van der Waals surface area contributed by atoms with Crippen LogP contribution in [0.1, 0.15) is 15.9 Å². The zero-order chi connectivity index (χ0) is 13.7. The van der Waals surface area contributed by atoms with Crippen molar-refractivity contribution in [1.82, 2.24) is 0 Å². The molecule has 0 spiro atoms. The van der Waals surface area contributed by atoms with E-state index in [-0.39, 0.29) is 11.4 Å². The minimum absolute atomic E-state index is 0.129. The van der Waals surface area contributed by atoms with Gasteiger partial charge in [0.05, 0.1) is 0 Å². The van der Waals surface area contributed by atoms with Gasteiger partial charge in [0.15, 0.2) is 0 Å². The second-order valence-electron chi connectivity index (χ2n) is 3.92. The van der Waals surface area contributed by atoms with Crippen molar-refractivity contribution in [2.45, 2.75) is 0 Å². The number of Topliss-reactive ketones (excluding diaryl/α,β-unsaturated/α-hetero) is 1. The molecule has 0 fully saturated rings. The molecule has 0 aliphatic rings. The van der Waals surface area contributed by atoms with Crippen molar-refractivity contribution in [2.75, 3.05) is 0 Å². The van der Waals surface area contributed by atoms with E-state index in [4.69, 9.17) is 5.26 Å². The highest BCUT2D eigenvalue weighted by molar-refractivity contribution is 9.10. The summed E-state index contributed by atoms with van der Waals surface area (Å²) in [6.45, 7) is 0. The van der Waals surface area contributed by atoms with Gasteiger partial charge >= 0.3 is 0 Å².